The summed E-state index contributed by atoms with van der Waals surface area (Å²) in [5.74, 6) is 0. The van der Waals surface area contributed by atoms with Gasteiger partial charge in [-0.05, 0) is 16.7 Å². The standard InChI is InChI=1S/C27H30O6/c28-16-23-25(30-17-20-10-4-1-5-11-20)24(29)26(31-18-21-12-6-2-7-13-21)27(33-23)32-19-22-14-8-3-9-15-22/h1-15,23-29H,16-19H2/t23-,24+,25+,26-,27-/m1/s1. The Hall–Kier alpha value is -2.58. The van der Waals surface area contributed by atoms with Gasteiger partial charge < -0.3 is 29.2 Å². The van der Waals surface area contributed by atoms with Gasteiger partial charge in [-0.25, -0.2) is 0 Å². The molecule has 1 aliphatic heterocycles. The molecule has 1 heterocycles. The quantitative estimate of drug-likeness (QED) is 0.493. The average Bonchev–Trinajstić information content (AvgIpc) is 2.88. The lowest BCUT2D eigenvalue weighted by Crippen LogP contribution is -2.60. The molecule has 1 aliphatic rings. The Morgan fingerprint density at radius 3 is 1.48 bits per heavy atom. The second-order valence-electron chi connectivity index (χ2n) is 8.04. The van der Waals surface area contributed by atoms with E-state index in [4.69, 9.17) is 18.9 Å². The summed E-state index contributed by atoms with van der Waals surface area (Å²) in [6.45, 7) is 0.542. The maximum absolute atomic E-state index is 11.2. The lowest BCUT2D eigenvalue weighted by molar-refractivity contribution is -0.321. The summed E-state index contributed by atoms with van der Waals surface area (Å²) in [6.07, 6.45) is -4.23. The van der Waals surface area contributed by atoms with Crippen LogP contribution in [0, 0.1) is 0 Å². The Morgan fingerprint density at radius 2 is 1.03 bits per heavy atom. The van der Waals surface area contributed by atoms with Crippen molar-refractivity contribution in [2.24, 2.45) is 0 Å². The molecule has 6 heteroatoms. The van der Waals surface area contributed by atoms with Gasteiger partial charge in [0.1, 0.15) is 24.4 Å². The minimum Gasteiger partial charge on any atom is -0.394 e. The highest BCUT2D eigenvalue weighted by molar-refractivity contribution is 5.15. The third kappa shape index (κ3) is 6.48. The number of hydrogen-bond acceptors (Lipinski definition) is 6. The van der Waals surface area contributed by atoms with Crippen LogP contribution in [0.4, 0.5) is 0 Å². The highest BCUT2D eigenvalue weighted by atomic mass is 16.7. The average molecular weight is 451 g/mol. The normalized spacial score (nSPS) is 25.1. The first-order valence-corrected chi connectivity index (χ1v) is 11.2. The van der Waals surface area contributed by atoms with Crippen LogP contribution in [0.15, 0.2) is 91.0 Å². The van der Waals surface area contributed by atoms with Crippen LogP contribution in [0.2, 0.25) is 0 Å². The molecule has 0 amide bonds. The number of hydrogen-bond donors (Lipinski definition) is 2. The highest BCUT2D eigenvalue weighted by Crippen LogP contribution is 2.28. The molecule has 4 rings (SSSR count). The zero-order chi connectivity index (χ0) is 22.9. The zero-order valence-corrected chi connectivity index (χ0v) is 18.4. The van der Waals surface area contributed by atoms with Crippen molar-refractivity contribution in [2.45, 2.75) is 50.5 Å². The van der Waals surface area contributed by atoms with Gasteiger partial charge in [-0.2, -0.15) is 0 Å². The van der Waals surface area contributed by atoms with Crippen LogP contribution in [0.25, 0.3) is 0 Å². The van der Waals surface area contributed by atoms with Crippen LogP contribution in [0.5, 0.6) is 0 Å². The maximum Gasteiger partial charge on any atom is 0.187 e. The molecule has 0 bridgehead atoms. The van der Waals surface area contributed by atoms with Crippen LogP contribution in [0.3, 0.4) is 0 Å². The summed E-state index contributed by atoms with van der Waals surface area (Å²) < 4.78 is 24.2. The fourth-order valence-corrected chi connectivity index (χ4v) is 3.85. The first kappa shape index (κ1) is 23.6. The fraction of sp³-hybridized carbons (Fsp3) is 0.333. The number of aliphatic hydroxyl groups excluding tert-OH is 2. The molecule has 33 heavy (non-hydrogen) atoms. The molecule has 1 fully saturated rings. The molecule has 5 atom stereocenters. The van der Waals surface area contributed by atoms with Gasteiger partial charge in [0.2, 0.25) is 0 Å². The van der Waals surface area contributed by atoms with E-state index < -0.39 is 30.7 Å². The molecular formula is C27H30O6. The summed E-state index contributed by atoms with van der Waals surface area (Å²) >= 11 is 0. The summed E-state index contributed by atoms with van der Waals surface area (Å²) in [5, 5.41) is 21.2. The molecule has 2 N–H and O–H groups in total. The first-order valence-electron chi connectivity index (χ1n) is 11.2. The Labute approximate surface area is 194 Å². The van der Waals surface area contributed by atoms with Gasteiger partial charge in [-0.15, -0.1) is 0 Å². The minimum atomic E-state index is -1.05. The highest BCUT2D eigenvalue weighted by Gasteiger charge is 2.47. The molecule has 174 valence electrons. The Kier molecular flexibility index (Phi) is 8.60. The van der Waals surface area contributed by atoms with Gasteiger partial charge in [0.15, 0.2) is 6.29 Å². The third-order valence-corrected chi connectivity index (χ3v) is 5.62. The van der Waals surface area contributed by atoms with E-state index in [1.54, 1.807) is 0 Å². The SMILES string of the molecule is OC[C@H]1O[C@@H](OCc2ccccc2)[C@H](OCc2ccccc2)[C@@H](O)[C@H]1OCc1ccccc1. The van der Waals surface area contributed by atoms with Gasteiger partial charge in [-0.1, -0.05) is 91.0 Å². The molecule has 0 unspecified atom stereocenters. The maximum atomic E-state index is 11.2. The van der Waals surface area contributed by atoms with E-state index >= 15 is 0 Å². The topological polar surface area (TPSA) is 77.4 Å². The third-order valence-electron chi connectivity index (χ3n) is 5.62. The molecule has 0 saturated carbocycles. The van der Waals surface area contributed by atoms with E-state index in [0.717, 1.165) is 16.7 Å². The van der Waals surface area contributed by atoms with Crippen LogP contribution in [-0.2, 0) is 38.8 Å². The molecule has 3 aromatic carbocycles. The lowest BCUT2D eigenvalue weighted by Gasteiger charge is -2.43. The molecule has 0 aromatic heterocycles. The molecule has 0 spiro atoms. The van der Waals surface area contributed by atoms with E-state index in [9.17, 15) is 10.2 Å². The van der Waals surface area contributed by atoms with Crippen molar-refractivity contribution >= 4 is 0 Å². The molecule has 0 radical (unpaired) electrons. The molecular weight excluding hydrogens is 420 g/mol. The predicted octanol–water partition coefficient (Wildman–Crippen LogP) is 3.45. The zero-order valence-electron chi connectivity index (χ0n) is 18.4. The first-order chi connectivity index (χ1) is 16.2. The van der Waals surface area contributed by atoms with Crippen molar-refractivity contribution in [1.29, 1.82) is 0 Å². The van der Waals surface area contributed by atoms with E-state index in [2.05, 4.69) is 0 Å². The van der Waals surface area contributed by atoms with Gasteiger partial charge in [0, 0.05) is 0 Å². The number of aliphatic hydroxyl groups is 2. The molecule has 1 saturated heterocycles. The Balaban J connectivity index is 1.48. The lowest BCUT2D eigenvalue weighted by atomic mass is 9.98. The molecule has 3 aromatic rings. The van der Waals surface area contributed by atoms with Gasteiger partial charge in [0.25, 0.3) is 0 Å². The number of ether oxygens (including phenoxy) is 4. The van der Waals surface area contributed by atoms with Crippen LogP contribution < -0.4 is 0 Å². The van der Waals surface area contributed by atoms with E-state index in [-0.39, 0.29) is 26.4 Å². The largest absolute Gasteiger partial charge is 0.394 e. The van der Waals surface area contributed by atoms with E-state index in [1.165, 1.54) is 0 Å². The van der Waals surface area contributed by atoms with E-state index in [0.29, 0.717) is 0 Å². The van der Waals surface area contributed by atoms with Crippen molar-refractivity contribution in [3.8, 4) is 0 Å². The van der Waals surface area contributed by atoms with Crippen molar-refractivity contribution in [3.05, 3.63) is 108 Å². The van der Waals surface area contributed by atoms with Crippen molar-refractivity contribution < 1.29 is 29.2 Å². The number of benzene rings is 3. The molecule has 6 nitrogen and oxygen atoms in total. The summed E-state index contributed by atoms with van der Waals surface area (Å²) in [7, 11) is 0. The van der Waals surface area contributed by atoms with Gasteiger partial charge in [0.05, 0.1) is 26.4 Å². The summed E-state index contributed by atoms with van der Waals surface area (Å²) in [4.78, 5) is 0. The minimum absolute atomic E-state index is 0.281. The van der Waals surface area contributed by atoms with Crippen LogP contribution in [0.1, 0.15) is 16.7 Å². The van der Waals surface area contributed by atoms with Crippen LogP contribution in [-0.4, -0.2) is 47.5 Å². The smallest absolute Gasteiger partial charge is 0.187 e. The van der Waals surface area contributed by atoms with E-state index in [1.807, 2.05) is 91.0 Å². The second kappa shape index (κ2) is 12.0. The monoisotopic (exact) mass is 450 g/mol. The molecule has 0 aliphatic carbocycles. The van der Waals surface area contributed by atoms with Crippen molar-refractivity contribution in [2.75, 3.05) is 6.61 Å². The van der Waals surface area contributed by atoms with Crippen LogP contribution >= 0.6 is 0 Å². The second-order valence-corrected chi connectivity index (χ2v) is 8.04. The van der Waals surface area contributed by atoms with Crippen molar-refractivity contribution in [3.63, 3.8) is 0 Å². The van der Waals surface area contributed by atoms with Gasteiger partial charge >= 0.3 is 0 Å². The Bertz CT molecular complexity index is 937. The summed E-state index contributed by atoms with van der Waals surface area (Å²) in [5.41, 5.74) is 2.91. The fourth-order valence-electron chi connectivity index (χ4n) is 3.85. The van der Waals surface area contributed by atoms with Crippen molar-refractivity contribution in [1.82, 2.24) is 0 Å². The Morgan fingerprint density at radius 1 is 0.606 bits per heavy atom. The summed E-state index contributed by atoms with van der Waals surface area (Å²) in [6, 6.07) is 29.1. The van der Waals surface area contributed by atoms with Gasteiger partial charge in [-0.3, -0.25) is 0 Å². The predicted molar refractivity (Wildman–Crippen MR) is 123 cm³/mol. The number of rotatable bonds is 10.